The zero-order valence-electron chi connectivity index (χ0n) is 15.3. The summed E-state index contributed by atoms with van der Waals surface area (Å²) in [6.07, 6.45) is 1.44. The molecule has 0 unspecified atom stereocenters. The van der Waals surface area contributed by atoms with Crippen molar-refractivity contribution in [2.45, 2.75) is 58.2 Å². The Morgan fingerprint density at radius 3 is 2.17 bits per heavy atom. The predicted octanol–water partition coefficient (Wildman–Crippen LogP) is 5.07. The smallest absolute Gasteiger partial charge is 0.208 e. The Labute approximate surface area is 144 Å². The highest BCUT2D eigenvalue weighted by molar-refractivity contribution is 6.90. The highest BCUT2D eigenvalue weighted by Gasteiger charge is 2.41. The van der Waals surface area contributed by atoms with E-state index in [-0.39, 0.29) is 11.2 Å². The lowest BCUT2D eigenvalue weighted by molar-refractivity contribution is 0.475. The lowest BCUT2D eigenvalue weighted by atomic mass is 10.2. The van der Waals surface area contributed by atoms with Gasteiger partial charge in [-0.1, -0.05) is 47.5 Å². The van der Waals surface area contributed by atoms with Crippen LogP contribution in [0.4, 0.5) is 0 Å². The van der Waals surface area contributed by atoms with Crippen molar-refractivity contribution in [3.63, 3.8) is 0 Å². The molecule has 0 fully saturated rings. The zero-order chi connectivity index (χ0) is 18.1. The number of hydrogen-bond donors (Lipinski definition) is 1. The van der Waals surface area contributed by atoms with Gasteiger partial charge in [-0.05, 0) is 34.8 Å². The largest absolute Gasteiger partial charge is 0.508 e. The molecule has 24 heavy (non-hydrogen) atoms. The molecule has 2 rings (SSSR count). The second kappa shape index (κ2) is 6.86. The van der Waals surface area contributed by atoms with Crippen LogP contribution in [0.15, 0.2) is 33.7 Å². The molecule has 1 N–H and O–H groups in total. The summed E-state index contributed by atoms with van der Waals surface area (Å²) in [5.74, 6) is 3.18. The third-order valence-electron chi connectivity index (χ3n) is 5.04. The molecule has 4 heteroatoms. The molecule has 1 aromatic carbocycles. The Morgan fingerprint density at radius 1 is 1.04 bits per heavy atom. The van der Waals surface area contributed by atoms with Crippen LogP contribution in [-0.4, -0.2) is 13.2 Å². The maximum absolute atomic E-state index is 12.6. The second-order valence-electron chi connectivity index (χ2n) is 7.31. The number of phenols is 1. The number of phenolic OH excluding ortho intramolecular Hbond substituents is 1. The maximum atomic E-state index is 12.6. The third kappa shape index (κ3) is 3.14. The Bertz CT molecular complexity index is 829. The van der Waals surface area contributed by atoms with Gasteiger partial charge in [-0.25, -0.2) is 0 Å². The van der Waals surface area contributed by atoms with E-state index < -0.39 is 8.07 Å². The minimum atomic E-state index is -1.90. The summed E-state index contributed by atoms with van der Waals surface area (Å²) >= 11 is 0. The van der Waals surface area contributed by atoms with E-state index in [1.807, 2.05) is 0 Å². The van der Waals surface area contributed by atoms with Crippen molar-refractivity contribution in [1.82, 2.24) is 0 Å². The first-order valence-corrected chi connectivity index (χ1v) is 10.7. The van der Waals surface area contributed by atoms with Gasteiger partial charge in [-0.2, -0.15) is 0 Å². The summed E-state index contributed by atoms with van der Waals surface area (Å²) in [4.78, 5) is 12.6. The van der Waals surface area contributed by atoms with Crippen LogP contribution in [0.25, 0.3) is 11.0 Å². The minimum Gasteiger partial charge on any atom is -0.508 e. The van der Waals surface area contributed by atoms with Crippen LogP contribution in [-0.2, 0) is 0 Å². The Hall–Kier alpha value is -1.99. The monoisotopic (exact) mass is 342 g/mol. The molecule has 0 aliphatic rings. The van der Waals surface area contributed by atoms with Crippen LogP contribution in [0.2, 0.25) is 16.6 Å². The first-order valence-electron chi connectivity index (χ1n) is 8.47. The van der Waals surface area contributed by atoms with Gasteiger partial charge in [0.1, 0.15) is 31.2 Å². The lowest BCUT2D eigenvalue weighted by Crippen LogP contribution is -2.43. The summed E-state index contributed by atoms with van der Waals surface area (Å²) in [7, 11) is -1.90. The van der Waals surface area contributed by atoms with Crippen LogP contribution in [0, 0.1) is 11.5 Å². The van der Waals surface area contributed by atoms with Crippen molar-refractivity contribution in [2.24, 2.45) is 0 Å². The van der Waals surface area contributed by atoms with Gasteiger partial charge in [-0.3, -0.25) is 4.79 Å². The summed E-state index contributed by atoms with van der Waals surface area (Å²) in [5.41, 5.74) is 5.69. The number of benzene rings is 1. The molecule has 0 saturated heterocycles. The fourth-order valence-corrected chi connectivity index (χ4v) is 9.03. The van der Waals surface area contributed by atoms with E-state index >= 15 is 0 Å². The lowest BCUT2D eigenvalue weighted by Gasteiger charge is -2.38. The Balaban J connectivity index is 2.63. The van der Waals surface area contributed by atoms with E-state index in [4.69, 9.17) is 4.42 Å². The molecule has 3 nitrogen and oxygen atoms in total. The number of aromatic hydroxyl groups is 1. The molecule has 0 amide bonds. The van der Waals surface area contributed by atoms with E-state index in [1.54, 1.807) is 6.07 Å². The van der Waals surface area contributed by atoms with Crippen molar-refractivity contribution in [3.8, 4) is 17.2 Å². The van der Waals surface area contributed by atoms with E-state index in [0.717, 1.165) is 0 Å². The molecule has 0 atom stereocenters. The third-order valence-corrected chi connectivity index (χ3v) is 11.3. The minimum absolute atomic E-state index is 0.0511. The molecule has 0 spiro atoms. The molecule has 128 valence electrons. The second-order valence-corrected chi connectivity index (χ2v) is 12.9. The predicted molar refractivity (Wildman–Crippen MR) is 102 cm³/mol. The number of rotatable bonds is 3. The summed E-state index contributed by atoms with van der Waals surface area (Å²) < 4.78 is 5.53. The van der Waals surface area contributed by atoms with Crippen LogP contribution < -0.4 is 5.43 Å². The van der Waals surface area contributed by atoms with E-state index in [2.05, 4.69) is 53.0 Å². The number of fused-ring (bicyclic) bond motifs is 1. The highest BCUT2D eigenvalue weighted by atomic mass is 28.3. The van der Waals surface area contributed by atoms with Crippen molar-refractivity contribution in [1.29, 1.82) is 0 Å². The van der Waals surface area contributed by atoms with Crippen LogP contribution in [0.3, 0.4) is 0 Å². The van der Waals surface area contributed by atoms with Crippen LogP contribution in [0.1, 0.15) is 47.1 Å². The molecule has 1 heterocycles. The van der Waals surface area contributed by atoms with Gasteiger partial charge in [-0.15, -0.1) is 5.54 Å². The van der Waals surface area contributed by atoms with Crippen LogP contribution >= 0.6 is 0 Å². The quantitative estimate of drug-likeness (QED) is 0.626. The Morgan fingerprint density at radius 2 is 1.62 bits per heavy atom. The van der Waals surface area contributed by atoms with Gasteiger partial charge < -0.3 is 9.52 Å². The molecule has 0 radical (unpaired) electrons. The zero-order valence-corrected chi connectivity index (χ0v) is 16.3. The first-order chi connectivity index (χ1) is 11.2. The summed E-state index contributed by atoms with van der Waals surface area (Å²) in [5, 5.41) is 9.98. The SMILES string of the molecule is CC(C)[Si](C#Cc1coc2ccc(O)cc2c1=O)(C(C)C)C(C)C. The molecule has 0 aliphatic heterocycles. The van der Waals surface area contributed by atoms with Crippen molar-refractivity contribution < 1.29 is 9.52 Å². The van der Waals surface area contributed by atoms with Crippen molar-refractivity contribution in [3.05, 3.63) is 40.2 Å². The fourth-order valence-electron chi connectivity index (χ4n) is 3.81. The fraction of sp³-hybridized carbons (Fsp3) is 0.450. The molecule has 1 aromatic heterocycles. The molecular formula is C20H26O3Si. The highest BCUT2D eigenvalue weighted by Crippen LogP contribution is 2.40. The molecular weight excluding hydrogens is 316 g/mol. The van der Waals surface area contributed by atoms with Gasteiger partial charge in [0, 0.05) is 0 Å². The van der Waals surface area contributed by atoms with Crippen molar-refractivity contribution in [2.75, 3.05) is 0 Å². The van der Waals surface area contributed by atoms with E-state index in [9.17, 15) is 9.90 Å². The summed E-state index contributed by atoms with van der Waals surface area (Å²) in [6.45, 7) is 13.4. The molecule has 0 saturated carbocycles. The standard InChI is InChI=1S/C20H26O3Si/c1-13(2)24(14(3)4,15(5)6)10-9-16-12-23-19-8-7-17(21)11-18(19)20(16)22/h7-8,11-15,21H,1-6H3. The average molecular weight is 343 g/mol. The van der Waals surface area contributed by atoms with Gasteiger partial charge in [0.25, 0.3) is 0 Å². The van der Waals surface area contributed by atoms with Crippen molar-refractivity contribution >= 4 is 19.0 Å². The number of hydrogen-bond acceptors (Lipinski definition) is 3. The van der Waals surface area contributed by atoms with E-state index in [0.29, 0.717) is 33.2 Å². The average Bonchev–Trinajstić information content (AvgIpc) is 2.49. The van der Waals surface area contributed by atoms with Gasteiger partial charge in [0.05, 0.1) is 5.39 Å². The van der Waals surface area contributed by atoms with Gasteiger partial charge in [0.2, 0.25) is 5.43 Å². The first kappa shape index (κ1) is 18.3. The van der Waals surface area contributed by atoms with E-state index in [1.165, 1.54) is 18.4 Å². The maximum Gasteiger partial charge on any atom is 0.208 e. The van der Waals surface area contributed by atoms with Gasteiger partial charge in [0.15, 0.2) is 0 Å². The molecule has 2 aromatic rings. The van der Waals surface area contributed by atoms with Crippen LogP contribution in [0.5, 0.6) is 5.75 Å². The molecule has 0 bridgehead atoms. The normalized spacial score (nSPS) is 12.0. The summed E-state index contributed by atoms with van der Waals surface area (Å²) in [6, 6.07) is 4.54. The Kier molecular flexibility index (Phi) is 5.25. The molecule has 0 aliphatic carbocycles. The van der Waals surface area contributed by atoms with Gasteiger partial charge >= 0.3 is 0 Å². The topological polar surface area (TPSA) is 50.4 Å².